The largest absolute Gasteiger partial charge is 0.380 e. The molecule has 1 atom stereocenters. The summed E-state index contributed by atoms with van der Waals surface area (Å²) in [5, 5.41) is 12.7. The van der Waals surface area contributed by atoms with Gasteiger partial charge in [0.05, 0.1) is 28.9 Å². The van der Waals surface area contributed by atoms with Gasteiger partial charge in [-0.05, 0) is 19.3 Å². The van der Waals surface area contributed by atoms with E-state index in [-0.39, 0.29) is 18.1 Å². The molecule has 1 fully saturated rings. The average molecular weight is 414 g/mol. The summed E-state index contributed by atoms with van der Waals surface area (Å²) in [6, 6.07) is 2.12. The van der Waals surface area contributed by atoms with Gasteiger partial charge in [-0.15, -0.1) is 0 Å². The molecule has 3 aromatic heterocycles. The second kappa shape index (κ2) is 8.23. The van der Waals surface area contributed by atoms with Crippen molar-refractivity contribution in [2.75, 3.05) is 31.2 Å². The molecule has 0 saturated carbocycles. The summed E-state index contributed by atoms with van der Waals surface area (Å²) >= 11 is 0. The number of aryl methyl sites for hydroxylation is 1. The minimum Gasteiger partial charge on any atom is -0.380 e. The van der Waals surface area contributed by atoms with Crippen molar-refractivity contribution in [3.8, 4) is 11.3 Å². The molecule has 9 nitrogen and oxygen atoms in total. The third kappa shape index (κ3) is 3.52. The molecule has 0 amide bonds. The van der Waals surface area contributed by atoms with Gasteiger partial charge in [0.25, 0.3) is 5.56 Å². The van der Waals surface area contributed by atoms with Crippen LogP contribution in [0.5, 0.6) is 0 Å². The summed E-state index contributed by atoms with van der Waals surface area (Å²) in [6.45, 7) is 9.75. The number of pyridine rings is 1. The zero-order chi connectivity index (χ0) is 21.4. The monoisotopic (exact) mass is 413 g/mol. The molecule has 0 aromatic carbocycles. The summed E-state index contributed by atoms with van der Waals surface area (Å²) in [6.07, 6.45) is 2.90. The van der Waals surface area contributed by atoms with E-state index in [0.717, 1.165) is 43.2 Å². The first kappa shape index (κ1) is 20.6. The molecular formula is C21H31N7O2. The van der Waals surface area contributed by atoms with E-state index in [2.05, 4.69) is 41.9 Å². The van der Waals surface area contributed by atoms with Crippen molar-refractivity contribution in [2.45, 2.75) is 39.8 Å². The van der Waals surface area contributed by atoms with E-state index in [9.17, 15) is 4.79 Å². The molecule has 162 valence electrons. The Balaban J connectivity index is 1.88. The van der Waals surface area contributed by atoms with Gasteiger partial charge in [0.15, 0.2) is 0 Å². The summed E-state index contributed by atoms with van der Waals surface area (Å²) in [5.41, 5.74) is 8.75. The Morgan fingerprint density at radius 2 is 2.07 bits per heavy atom. The lowest BCUT2D eigenvalue weighted by Gasteiger charge is -2.21. The number of nitrogens with zero attached hydrogens (tertiary/aromatic N) is 5. The van der Waals surface area contributed by atoms with E-state index in [1.54, 1.807) is 4.57 Å². The average Bonchev–Trinajstić information content (AvgIpc) is 3.22. The molecule has 4 heterocycles. The highest BCUT2D eigenvalue weighted by Gasteiger charge is 2.23. The van der Waals surface area contributed by atoms with E-state index in [1.807, 2.05) is 17.9 Å². The third-order valence-electron chi connectivity index (χ3n) is 6.10. The van der Waals surface area contributed by atoms with Crippen LogP contribution >= 0.6 is 0 Å². The number of fused-ring (bicyclic) bond motifs is 1. The van der Waals surface area contributed by atoms with Crippen LogP contribution in [0, 0.1) is 5.92 Å². The highest BCUT2D eigenvalue weighted by Crippen LogP contribution is 2.30. The van der Waals surface area contributed by atoms with Gasteiger partial charge in [-0.25, -0.2) is 0 Å². The quantitative estimate of drug-likeness (QED) is 0.663. The number of H-pyrrole nitrogens is 1. The summed E-state index contributed by atoms with van der Waals surface area (Å²) < 4.78 is 9.29. The predicted molar refractivity (Wildman–Crippen MR) is 118 cm³/mol. The Bertz CT molecular complexity index is 1090. The van der Waals surface area contributed by atoms with Gasteiger partial charge in [0, 0.05) is 57.2 Å². The molecule has 1 aliphatic rings. The van der Waals surface area contributed by atoms with E-state index in [0.29, 0.717) is 29.1 Å². The Hall–Kier alpha value is -2.65. The molecule has 1 aliphatic heterocycles. The topological polar surface area (TPSA) is 107 Å². The van der Waals surface area contributed by atoms with E-state index < -0.39 is 0 Å². The molecule has 3 aromatic rings. The smallest absolute Gasteiger partial charge is 0.262 e. The van der Waals surface area contributed by atoms with Crippen molar-refractivity contribution >= 4 is 16.7 Å². The Kier molecular flexibility index (Phi) is 5.66. The number of rotatable bonds is 5. The molecule has 0 bridgehead atoms. The maximum Gasteiger partial charge on any atom is 0.262 e. The van der Waals surface area contributed by atoms with Crippen molar-refractivity contribution in [1.82, 2.24) is 24.5 Å². The minimum atomic E-state index is -0.0648. The lowest BCUT2D eigenvalue weighted by Crippen LogP contribution is -2.27. The molecule has 3 N–H and O–H groups in total. The molecule has 1 saturated heterocycles. The standard InChI is InChI=1S/C21H31N7O2/c1-13(2)14(3)28-12-15(20-19(21(28)29)17(11-22)23-24-20)16-10-18(26(4)25-16)27-6-5-8-30-9-7-27/h10,12-14H,5-9,11,22H2,1-4H3,(H,23,24). The van der Waals surface area contributed by atoms with E-state index >= 15 is 0 Å². The van der Waals surface area contributed by atoms with Crippen LogP contribution in [0.1, 0.15) is 38.9 Å². The maximum atomic E-state index is 13.3. The van der Waals surface area contributed by atoms with Gasteiger partial charge in [-0.2, -0.15) is 10.2 Å². The Labute approximate surface area is 175 Å². The molecule has 30 heavy (non-hydrogen) atoms. The van der Waals surface area contributed by atoms with Gasteiger partial charge >= 0.3 is 0 Å². The number of ether oxygens (including phenoxy) is 1. The molecule has 0 radical (unpaired) electrons. The Morgan fingerprint density at radius 1 is 1.27 bits per heavy atom. The minimum absolute atomic E-state index is 0.0344. The highest BCUT2D eigenvalue weighted by atomic mass is 16.5. The number of nitrogens with one attached hydrogen (secondary N) is 1. The molecule has 0 spiro atoms. The van der Waals surface area contributed by atoms with Crippen LogP contribution in [-0.2, 0) is 18.3 Å². The number of hydrogen-bond donors (Lipinski definition) is 2. The molecule has 4 rings (SSSR count). The number of aromatic nitrogens is 5. The second-order valence-corrected chi connectivity index (χ2v) is 8.33. The van der Waals surface area contributed by atoms with Crippen LogP contribution in [0.15, 0.2) is 17.1 Å². The SMILES string of the molecule is CC(C)C(C)n1cc(-c2cc(N3CCCOCC3)n(C)n2)c2[nH]nc(CN)c2c1=O. The van der Waals surface area contributed by atoms with Crippen molar-refractivity contribution in [3.05, 3.63) is 28.3 Å². The van der Waals surface area contributed by atoms with E-state index in [4.69, 9.17) is 15.6 Å². The first-order valence-electron chi connectivity index (χ1n) is 10.6. The van der Waals surface area contributed by atoms with Crippen molar-refractivity contribution in [1.29, 1.82) is 0 Å². The van der Waals surface area contributed by atoms with Gasteiger partial charge in [-0.3, -0.25) is 14.6 Å². The lowest BCUT2D eigenvalue weighted by atomic mass is 10.0. The number of hydrogen-bond acceptors (Lipinski definition) is 6. The summed E-state index contributed by atoms with van der Waals surface area (Å²) in [5.74, 6) is 1.34. The molecule has 9 heteroatoms. The number of nitrogens with two attached hydrogens (primary N) is 1. The van der Waals surface area contributed by atoms with Crippen LogP contribution in [0.3, 0.4) is 0 Å². The Morgan fingerprint density at radius 3 is 2.80 bits per heavy atom. The van der Waals surface area contributed by atoms with Crippen LogP contribution in [-0.4, -0.2) is 50.8 Å². The van der Waals surface area contributed by atoms with Crippen LogP contribution in [0.2, 0.25) is 0 Å². The zero-order valence-corrected chi connectivity index (χ0v) is 18.2. The summed E-state index contributed by atoms with van der Waals surface area (Å²) in [4.78, 5) is 15.6. The van der Waals surface area contributed by atoms with Crippen LogP contribution < -0.4 is 16.2 Å². The normalized spacial score (nSPS) is 16.4. The summed E-state index contributed by atoms with van der Waals surface area (Å²) in [7, 11) is 1.95. The third-order valence-corrected chi connectivity index (χ3v) is 6.10. The fourth-order valence-corrected chi connectivity index (χ4v) is 4.02. The van der Waals surface area contributed by atoms with Crippen LogP contribution in [0.4, 0.5) is 5.82 Å². The highest BCUT2D eigenvalue weighted by molar-refractivity contribution is 5.93. The fraction of sp³-hybridized carbons (Fsp3) is 0.571. The fourth-order valence-electron chi connectivity index (χ4n) is 4.02. The number of anilines is 1. The van der Waals surface area contributed by atoms with Crippen LogP contribution in [0.25, 0.3) is 22.2 Å². The molecule has 1 unspecified atom stereocenters. The number of aromatic amines is 1. The van der Waals surface area contributed by atoms with Gasteiger partial charge in [-0.1, -0.05) is 13.8 Å². The van der Waals surface area contributed by atoms with Gasteiger partial charge in [0.2, 0.25) is 0 Å². The van der Waals surface area contributed by atoms with Crippen molar-refractivity contribution < 1.29 is 4.74 Å². The van der Waals surface area contributed by atoms with Gasteiger partial charge < -0.3 is 19.9 Å². The predicted octanol–water partition coefficient (Wildman–Crippen LogP) is 2.03. The first-order chi connectivity index (χ1) is 14.4. The molecular weight excluding hydrogens is 382 g/mol. The first-order valence-corrected chi connectivity index (χ1v) is 10.6. The molecule has 0 aliphatic carbocycles. The van der Waals surface area contributed by atoms with Crippen molar-refractivity contribution in [3.63, 3.8) is 0 Å². The zero-order valence-electron chi connectivity index (χ0n) is 18.2. The second-order valence-electron chi connectivity index (χ2n) is 8.33. The lowest BCUT2D eigenvalue weighted by molar-refractivity contribution is 0.152. The maximum absolute atomic E-state index is 13.3. The van der Waals surface area contributed by atoms with Gasteiger partial charge in [0.1, 0.15) is 5.82 Å². The van der Waals surface area contributed by atoms with Crippen molar-refractivity contribution in [2.24, 2.45) is 18.7 Å². The van der Waals surface area contributed by atoms with E-state index in [1.165, 1.54) is 0 Å².